The van der Waals surface area contributed by atoms with E-state index in [2.05, 4.69) is 0 Å². The Kier molecular flexibility index (Phi) is 5.95. The van der Waals surface area contributed by atoms with E-state index >= 15 is 0 Å². The van der Waals surface area contributed by atoms with E-state index in [4.69, 9.17) is 10.5 Å². The van der Waals surface area contributed by atoms with Gasteiger partial charge in [0, 0.05) is 18.1 Å². The van der Waals surface area contributed by atoms with Gasteiger partial charge in [-0.2, -0.15) is 11.8 Å². The van der Waals surface area contributed by atoms with Crippen LogP contribution in [0.2, 0.25) is 0 Å². The standard InChI is InChI=1S/C12H22N2O3S/c1-4-17-12(16)9-7-18-6-5-14(9)11(15)10(13)8(2)3/h8-10H,4-7,13H2,1-3H3. The summed E-state index contributed by atoms with van der Waals surface area (Å²) in [5.41, 5.74) is 5.88. The highest BCUT2D eigenvalue weighted by atomic mass is 32.2. The zero-order chi connectivity index (χ0) is 13.7. The molecule has 1 amide bonds. The zero-order valence-electron chi connectivity index (χ0n) is 11.2. The Hall–Kier alpha value is -0.750. The van der Waals surface area contributed by atoms with Gasteiger partial charge in [0.1, 0.15) is 6.04 Å². The molecule has 6 heteroatoms. The summed E-state index contributed by atoms with van der Waals surface area (Å²) < 4.78 is 5.02. The molecule has 0 saturated carbocycles. The van der Waals surface area contributed by atoms with Crippen molar-refractivity contribution in [3.63, 3.8) is 0 Å². The highest BCUT2D eigenvalue weighted by Gasteiger charge is 2.36. The quantitative estimate of drug-likeness (QED) is 0.755. The van der Waals surface area contributed by atoms with Crippen molar-refractivity contribution in [2.24, 2.45) is 11.7 Å². The minimum Gasteiger partial charge on any atom is -0.464 e. The van der Waals surface area contributed by atoms with Crippen molar-refractivity contribution in [2.45, 2.75) is 32.9 Å². The maximum Gasteiger partial charge on any atom is 0.329 e. The average Bonchev–Trinajstić information content (AvgIpc) is 2.37. The summed E-state index contributed by atoms with van der Waals surface area (Å²) >= 11 is 1.66. The van der Waals surface area contributed by atoms with Crippen LogP contribution in [-0.4, -0.2) is 53.5 Å². The lowest BCUT2D eigenvalue weighted by Crippen LogP contribution is -2.56. The first-order valence-electron chi connectivity index (χ1n) is 6.29. The summed E-state index contributed by atoms with van der Waals surface area (Å²) in [6, 6.07) is -1.04. The van der Waals surface area contributed by atoms with Crippen molar-refractivity contribution in [3.8, 4) is 0 Å². The minimum absolute atomic E-state index is 0.0647. The molecule has 2 N–H and O–H groups in total. The van der Waals surface area contributed by atoms with E-state index in [1.165, 1.54) is 0 Å². The largest absolute Gasteiger partial charge is 0.464 e. The number of hydrogen-bond acceptors (Lipinski definition) is 5. The molecule has 18 heavy (non-hydrogen) atoms. The summed E-state index contributed by atoms with van der Waals surface area (Å²) in [6.45, 7) is 6.47. The van der Waals surface area contributed by atoms with E-state index in [0.29, 0.717) is 18.9 Å². The van der Waals surface area contributed by atoms with Crippen LogP contribution in [0.1, 0.15) is 20.8 Å². The zero-order valence-corrected chi connectivity index (χ0v) is 12.0. The fourth-order valence-corrected chi connectivity index (χ4v) is 2.81. The van der Waals surface area contributed by atoms with Crippen molar-refractivity contribution in [3.05, 3.63) is 0 Å². The van der Waals surface area contributed by atoms with Gasteiger partial charge in [-0.1, -0.05) is 13.8 Å². The van der Waals surface area contributed by atoms with Gasteiger partial charge in [-0.05, 0) is 12.8 Å². The number of carbonyl (C=O) groups excluding carboxylic acids is 2. The van der Waals surface area contributed by atoms with Crippen molar-refractivity contribution in [1.29, 1.82) is 0 Å². The summed E-state index contributed by atoms with van der Waals surface area (Å²) in [6.07, 6.45) is 0. The second-order valence-corrected chi connectivity index (χ2v) is 5.79. The second-order valence-electron chi connectivity index (χ2n) is 4.64. The molecule has 0 aromatic heterocycles. The molecule has 0 aliphatic carbocycles. The first kappa shape index (κ1) is 15.3. The molecule has 5 nitrogen and oxygen atoms in total. The van der Waals surface area contributed by atoms with Crippen LogP contribution in [-0.2, 0) is 14.3 Å². The molecular weight excluding hydrogens is 252 g/mol. The molecule has 1 aliphatic rings. The maximum absolute atomic E-state index is 12.2. The van der Waals surface area contributed by atoms with Crippen molar-refractivity contribution >= 4 is 23.6 Å². The summed E-state index contributed by atoms with van der Waals surface area (Å²) in [4.78, 5) is 25.7. The number of thioether (sulfide) groups is 1. The van der Waals surface area contributed by atoms with Gasteiger partial charge in [0.05, 0.1) is 12.6 Å². The van der Waals surface area contributed by atoms with Gasteiger partial charge < -0.3 is 15.4 Å². The van der Waals surface area contributed by atoms with Gasteiger partial charge in [-0.3, -0.25) is 4.79 Å². The van der Waals surface area contributed by atoms with Gasteiger partial charge in [0.2, 0.25) is 5.91 Å². The molecule has 2 atom stereocenters. The van der Waals surface area contributed by atoms with E-state index in [-0.39, 0.29) is 17.8 Å². The number of ether oxygens (including phenoxy) is 1. The smallest absolute Gasteiger partial charge is 0.329 e. The Morgan fingerprint density at radius 3 is 2.72 bits per heavy atom. The lowest BCUT2D eigenvalue weighted by Gasteiger charge is -2.35. The molecule has 2 unspecified atom stereocenters. The molecule has 0 aromatic carbocycles. The van der Waals surface area contributed by atoms with E-state index in [1.807, 2.05) is 13.8 Å². The van der Waals surface area contributed by atoms with Crippen LogP contribution in [0.3, 0.4) is 0 Å². The molecular formula is C12H22N2O3S. The third kappa shape index (κ3) is 3.62. The van der Waals surface area contributed by atoms with Gasteiger partial charge in [0.15, 0.2) is 0 Å². The fraction of sp³-hybridized carbons (Fsp3) is 0.833. The highest BCUT2D eigenvalue weighted by molar-refractivity contribution is 7.99. The monoisotopic (exact) mass is 274 g/mol. The van der Waals surface area contributed by atoms with Crippen LogP contribution < -0.4 is 5.73 Å². The second kappa shape index (κ2) is 6.99. The van der Waals surface area contributed by atoms with Crippen LogP contribution in [0.25, 0.3) is 0 Å². The Bertz CT molecular complexity index is 310. The number of esters is 1. The SMILES string of the molecule is CCOC(=O)C1CSCCN1C(=O)C(N)C(C)C. The first-order valence-corrected chi connectivity index (χ1v) is 7.45. The van der Waals surface area contributed by atoms with Crippen LogP contribution in [0, 0.1) is 5.92 Å². The van der Waals surface area contributed by atoms with Crippen molar-refractivity contribution in [2.75, 3.05) is 24.7 Å². The van der Waals surface area contributed by atoms with E-state index in [1.54, 1.807) is 23.6 Å². The molecule has 1 heterocycles. The Labute approximate surface area is 112 Å². The lowest BCUT2D eigenvalue weighted by molar-refractivity contribution is -0.154. The minimum atomic E-state index is -0.551. The number of nitrogens with two attached hydrogens (primary N) is 1. The maximum atomic E-state index is 12.2. The Morgan fingerprint density at radius 1 is 1.50 bits per heavy atom. The Balaban J connectivity index is 2.76. The number of hydrogen-bond donors (Lipinski definition) is 1. The molecule has 0 aromatic rings. The van der Waals surface area contributed by atoms with Crippen LogP contribution in [0.4, 0.5) is 0 Å². The molecule has 1 saturated heterocycles. The molecule has 0 spiro atoms. The van der Waals surface area contributed by atoms with E-state index in [0.717, 1.165) is 5.75 Å². The molecule has 1 fully saturated rings. The highest BCUT2D eigenvalue weighted by Crippen LogP contribution is 2.19. The van der Waals surface area contributed by atoms with E-state index < -0.39 is 12.1 Å². The molecule has 1 rings (SSSR count). The topological polar surface area (TPSA) is 72.6 Å². The number of carbonyl (C=O) groups is 2. The van der Waals surface area contributed by atoms with Crippen molar-refractivity contribution in [1.82, 2.24) is 4.90 Å². The third-order valence-electron chi connectivity index (χ3n) is 2.97. The average molecular weight is 274 g/mol. The predicted molar refractivity (Wildman–Crippen MR) is 72.3 cm³/mol. The normalized spacial score (nSPS) is 21.8. The van der Waals surface area contributed by atoms with Gasteiger partial charge in [-0.15, -0.1) is 0 Å². The van der Waals surface area contributed by atoms with E-state index in [9.17, 15) is 9.59 Å². The lowest BCUT2D eigenvalue weighted by atomic mass is 10.0. The first-order chi connectivity index (χ1) is 8.49. The third-order valence-corrected chi connectivity index (χ3v) is 4.00. The van der Waals surface area contributed by atoms with Gasteiger partial charge in [0.25, 0.3) is 0 Å². The van der Waals surface area contributed by atoms with Gasteiger partial charge >= 0.3 is 5.97 Å². The Morgan fingerprint density at radius 2 is 2.17 bits per heavy atom. The molecule has 0 radical (unpaired) electrons. The van der Waals surface area contributed by atoms with Crippen LogP contribution >= 0.6 is 11.8 Å². The summed E-state index contributed by atoms with van der Waals surface area (Å²) in [5, 5.41) is 0. The molecule has 1 aliphatic heterocycles. The summed E-state index contributed by atoms with van der Waals surface area (Å²) in [7, 11) is 0. The predicted octanol–water partition coefficient (Wildman–Crippen LogP) is 0.477. The number of nitrogens with zero attached hydrogens (tertiary/aromatic N) is 1. The van der Waals surface area contributed by atoms with Crippen LogP contribution in [0.15, 0.2) is 0 Å². The van der Waals surface area contributed by atoms with Gasteiger partial charge in [-0.25, -0.2) is 4.79 Å². The molecule has 0 bridgehead atoms. The molecule has 104 valence electrons. The summed E-state index contributed by atoms with van der Waals surface area (Å²) in [5.74, 6) is 1.02. The van der Waals surface area contributed by atoms with Crippen molar-refractivity contribution < 1.29 is 14.3 Å². The fourth-order valence-electron chi connectivity index (χ4n) is 1.78. The van der Waals surface area contributed by atoms with Crippen LogP contribution in [0.5, 0.6) is 0 Å². The number of amides is 1. The number of rotatable bonds is 4.